The van der Waals surface area contributed by atoms with E-state index < -0.39 is 0 Å². The average molecular weight is 340 g/mol. The monoisotopic (exact) mass is 340 g/mol. The van der Waals surface area contributed by atoms with Crippen LogP contribution in [0.5, 0.6) is 0 Å². The number of anilines is 1. The fraction of sp³-hybridized carbons (Fsp3) is 0.474. The summed E-state index contributed by atoms with van der Waals surface area (Å²) in [5, 5.41) is 3.33. The van der Waals surface area contributed by atoms with Crippen molar-refractivity contribution < 1.29 is 9.53 Å². The van der Waals surface area contributed by atoms with Crippen molar-refractivity contribution in [2.24, 2.45) is 5.92 Å². The molecular weight excluding hydrogens is 316 g/mol. The fourth-order valence-corrected chi connectivity index (χ4v) is 2.87. The third-order valence-corrected chi connectivity index (χ3v) is 4.16. The summed E-state index contributed by atoms with van der Waals surface area (Å²) in [7, 11) is 0. The average Bonchev–Trinajstić information content (AvgIpc) is 3.08. The van der Waals surface area contributed by atoms with E-state index in [1.54, 1.807) is 6.20 Å². The van der Waals surface area contributed by atoms with Gasteiger partial charge in [0.25, 0.3) is 0 Å². The van der Waals surface area contributed by atoms with Crippen LogP contribution in [0.3, 0.4) is 0 Å². The Morgan fingerprint density at radius 2 is 2.08 bits per heavy atom. The number of aromatic nitrogens is 3. The highest BCUT2D eigenvalue weighted by Gasteiger charge is 2.22. The molecule has 6 heteroatoms. The number of aryl methyl sites for hydroxylation is 1. The summed E-state index contributed by atoms with van der Waals surface area (Å²) in [5.74, 6) is 0.999. The molecule has 0 radical (unpaired) electrons. The number of nitrogens with one attached hydrogen (secondary N) is 1. The van der Waals surface area contributed by atoms with Gasteiger partial charge in [0.05, 0.1) is 12.0 Å². The summed E-state index contributed by atoms with van der Waals surface area (Å²) >= 11 is 0. The summed E-state index contributed by atoms with van der Waals surface area (Å²) in [4.78, 5) is 25.7. The Hall–Kier alpha value is -2.50. The molecule has 2 aromatic heterocycles. The Morgan fingerprint density at radius 1 is 1.24 bits per heavy atom. The molecule has 132 valence electrons. The lowest BCUT2D eigenvalue weighted by Gasteiger charge is -2.16. The molecular formula is C19H24N4O2. The third-order valence-electron chi connectivity index (χ3n) is 4.16. The van der Waals surface area contributed by atoms with Gasteiger partial charge in [0, 0.05) is 24.0 Å². The van der Waals surface area contributed by atoms with Gasteiger partial charge in [-0.2, -0.15) is 0 Å². The molecule has 0 bridgehead atoms. The van der Waals surface area contributed by atoms with Gasteiger partial charge in [0.15, 0.2) is 5.82 Å². The Bertz CT molecular complexity index is 747. The second-order valence-electron chi connectivity index (χ2n) is 6.66. The first-order valence-electron chi connectivity index (χ1n) is 8.80. The molecule has 0 spiro atoms. The molecule has 0 amide bonds. The molecule has 25 heavy (non-hydrogen) atoms. The zero-order valence-electron chi connectivity index (χ0n) is 15.0. The lowest BCUT2D eigenvalue weighted by atomic mass is 10.1. The topological polar surface area (TPSA) is 77.0 Å². The summed E-state index contributed by atoms with van der Waals surface area (Å²) in [6, 6.07) is 5.71. The van der Waals surface area contributed by atoms with E-state index in [9.17, 15) is 4.79 Å². The lowest BCUT2D eigenvalue weighted by molar-refractivity contribution is -0.151. The van der Waals surface area contributed by atoms with Crippen LogP contribution in [0.2, 0.25) is 0 Å². The van der Waals surface area contributed by atoms with Crippen LogP contribution in [-0.2, 0) is 22.4 Å². The van der Waals surface area contributed by atoms with Gasteiger partial charge in [-0.1, -0.05) is 13.0 Å². The van der Waals surface area contributed by atoms with Crippen molar-refractivity contribution in [1.82, 2.24) is 15.0 Å². The number of esters is 1. The first-order valence-corrected chi connectivity index (χ1v) is 8.80. The highest BCUT2D eigenvalue weighted by Crippen LogP contribution is 2.28. The first kappa shape index (κ1) is 17.3. The predicted octanol–water partition coefficient (Wildman–Crippen LogP) is 3.03. The Kier molecular flexibility index (Phi) is 5.26. The van der Waals surface area contributed by atoms with Crippen LogP contribution in [0, 0.1) is 5.92 Å². The lowest BCUT2D eigenvalue weighted by Crippen LogP contribution is -2.25. The fourth-order valence-electron chi connectivity index (χ4n) is 2.87. The van der Waals surface area contributed by atoms with Gasteiger partial charge in [-0.3, -0.25) is 9.78 Å². The molecule has 1 aliphatic carbocycles. The van der Waals surface area contributed by atoms with Gasteiger partial charge < -0.3 is 10.1 Å². The Labute approximate surface area is 148 Å². The summed E-state index contributed by atoms with van der Waals surface area (Å²) in [6.45, 7) is 6.05. The van der Waals surface area contributed by atoms with E-state index in [1.807, 2.05) is 39.0 Å². The molecule has 0 fully saturated rings. The van der Waals surface area contributed by atoms with Gasteiger partial charge in [0.1, 0.15) is 11.5 Å². The number of ether oxygens (including phenoxy) is 1. The van der Waals surface area contributed by atoms with Crippen LogP contribution in [0.25, 0.3) is 11.5 Å². The van der Waals surface area contributed by atoms with Crippen molar-refractivity contribution in [2.75, 3.05) is 11.9 Å². The van der Waals surface area contributed by atoms with E-state index in [4.69, 9.17) is 4.74 Å². The summed E-state index contributed by atoms with van der Waals surface area (Å²) in [6.07, 6.45) is 4.63. The van der Waals surface area contributed by atoms with Gasteiger partial charge >= 0.3 is 5.97 Å². The van der Waals surface area contributed by atoms with E-state index in [1.165, 1.54) is 0 Å². The SMILES string of the molecule is CC(C)OC(=O)C(C)CNc1nc(-c2ccccn2)nc2c1CCC2. The quantitative estimate of drug-likeness (QED) is 0.815. The maximum absolute atomic E-state index is 12.0. The molecule has 1 unspecified atom stereocenters. The van der Waals surface area contributed by atoms with Crippen LogP contribution in [0.4, 0.5) is 5.82 Å². The molecule has 0 aliphatic heterocycles. The van der Waals surface area contributed by atoms with Crippen molar-refractivity contribution in [3.8, 4) is 11.5 Å². The van der Waals surface area contributed by atoms with Crippen molar-refractivity contribution in [3.63, 3.8) is 0 Å². The Balaban J connectivity index is 1.79. The number of hydrogen-bond acceptors (Lipinski definition) is 6. The maximum atomic E-state index is 12.0. The number of carbonyl (C=O) groups is 1. The molecule has 3 rings (SSSR count). The van der Waals surface area contributed by atoms with E-state index in [0.717, 1.165) is 42.0 Å². The normalized spacial score (nSPS) is 14.2. The number of pyridine rings is 1. The first-order chi connectivity index (χ1) is 12.0. The molecule has 1 N–H and O–H groups in total. The van der Waals surface area contributed by atoms with Gasteiger partial charge in [0.2, 0.25) is 0 Å². The standard InChI is InChI=1S/C19H24N4O2/c1-12(2)25-19(24)13(3)11-21-17-14-7-6-9-15(14)22-18(23-17)16-8-4-5-10-20-16/h4-5,8,10,12-13H,6-7,9,11H2,1-3H3,(H,21,22,23). The molecule has 2 aromatic rings. The predicted molar refractivity (Wildman–Crippen MR) is 96.2 cm³/mol. The van der Waals surface area contributed by atoms with Gasteiger partial charge in [-0.25, -0.2) is 9.97 Å². The smallest absolute Gasteiger partial charge is 0.310 e. The van der Waals surface area contributed by atoms with Crippen molar-refractivity contribution >= 4 is 11.8 Å². The molecule has 0 aromatic carbocycles. The highest BCUT2D eigenvalue weighted by atomic mass is 16.5. The third kappa shape index (κ3) is 4.13. The molecule has 6 nitrogen and oxygen atoms in total. The summed E-state index contributed by atoms with van der Waals surface area (Å²) < 4.78 is 5.26. The van der Waals surface area contributed by atoms with Crippen LogP contribution in [-0.4, -0.2) is 33.6 Å². The van der Waals surface area contributed by atoms with Crippen LogP contribution >= 0.6 is 0 Å². The zero-order valence-corrected chi connectivity index (χ0v) is 15.0. The minimum absolute atomic E-state index is 0.103. The second-order valence-corrected chi connectivity index (χ2v) is 6.66. The largest absolute Gasteiger partial charge is 0.463 e. The minimum Gasteiger partial charge on any atom is -0.463 e. The van der Waals surface area contributed by atoms with Crippen LogP contribution in [0.1, 0.15) is 38.4 Å². The number of fused-ring (bicyclic) bond motifs is 1. The number of carbonyl (C=O) groups excluding carboxylic acids is 1. The van der Waals surface area contributed by atoms with Crippen molar-refractivity contribution in [1.29, 1.82) is 0 Å². The van der Waals surface area contributed by atoms with E-state index in [-0.39, 0.29) is 18.0 Å². The molecule has 0 saturated carbocycles. The van der Waals surface area contributed by atoms with Crippen molar-refractivity contribution in [2.45, 2.75) is 46.1 Å². The molecule has 1 aliphatic rings. The van der Waals surface area contributed by atoms with Gasteiger partial charge in [-0.05, 0) is 45.2 Å². The molecule has 0 saturated heterocycles. The second kappa shape index (κ2) is 7.59. The molecule has 2 heterocycles. The zero-order chi connectivity index (χ0) is 17.8. The van der Waals surface area contributed by atoms with Crippen LogP contribution in [0.15, 0.2) is 24.4 Å². The Morgan fingerprint density at radius 3 is 2.80 bits per heavy atom. The summed E-state index contributed by atoms with van der Waals surface area (Å²) in [5.41, 5.74) is 2.99. The highest BCUT2D eigenvalue weighted by molar-refractivity contribution is 5.73. The van der Waals surface area contributed by atoms with Crippen molar-refractivity contribution in [3.05, 3.63) is 35.7 Å². The van der Waals surface area contributed by atoms with Gasteiger partial charge in [-0.15, -0.1) is 0 Å². The maximum Gasteiger partial charge on any atom is 0.310 e. The number of rotatable bonds is 6. The molecule has 1 atom stereocenters. The van der Waals surface area contributed by atoms with E-state index >= 15 is 0 Å². The number of nitrogens with zero attached hydrogens (tertiary/aromatic N) is 3. The van der Waals surface area contributed by atoms with Crippen LogP contribution < -0.4 is 5.32 Å². The van der Waals surface area contributed by atoms with E-state index in [0.29, 0.717) is 12.4 Å². The minimum atomic E-state index is -0.243. The number of hydrogen-bond donors (Lipinski definition) is 1. The van der Waals surface area contributed by atoms with E-state index in [2.05, 4.69) is 20.3 Å².